The molecule has 150 valence electrons. The number of carbonyl (C=O) groups excluding carboxylic acids is 2. The minimum absolute atomic E-state index is 0.103. The van der Waals surface area contributed by atoms with Crippen molar-refractivity contribution in [3.8, 4) is 5.82 Å². The van der Waals surface area contributed by atoms with Gasteiger partial charge in [0.15, 0.2) is 17.6 Å². The number of rotatable bonds is 5. The molecule has 1 atom stereocenters. The first kappa shape index (κ1) is 20.8. The third kappa shape index (κ3) is 4.75. The Morgan fingerprint density at radius 3 is 2.48 bits per heavy atom. The van der Waals surface area contributed by atoms with E-state index >= 15 is 0 Å². The molecule has 9 heteroatoms. The Morgan fingerprint density at radius 2 is 1.83 bits per heavy atom. The smallest absolute Gasteiger partial charge is 0.359 e. The number of benzene rings is 1. The van der Waals surface area contributed by atoms with Crippen molar-refractivity contribution in [1.82, 2.24) is 14.8 Å². The third-order valence-electron chi connectivity index (χ3n) is 4.04. The van der Waals surface area contributed by atoms with E-state index in [4.69, 9.17) is 27.9 Å². The van der Waals surface area contributed by atoms with Crippen molar-refractivity contribution in [2.24, 2.45) is 0 Å². The molecule has 2 heterocycles. The van der Waals surface area contributed by atoms with Crippen LogP contribution in [0.1, 0.15) is 28.8 Å². The zero-order valence-electron chi connectivity index (χ0n) is 15.9. The summed E-state index contributed by atoms with van der Waals surface area (Å²) in [5.41, 5.74) is 1.98. The number of pyridine rings is 1. The van der Waals surface area contributed by atoms with Gasteiger partial charge in [0.2, 0.25) is 0 Å². The lowest BCUT2D eigenvalue weighted by Gasteiger charge is -2.15. The van der Waals surface area contributed by atoms with Crippen LogP contribution >= 0.6 is 23.2 Å². The van der Waals surface area contributed by atoms with E-state index in [0.717, 1.165) is 11.4 Å². The fourth-order valence-corrected chi connectivity index (χ4v) is 2.99. The van der Waals surface area contributed by atoms with Gasteiger partial charge in [-0.1, -0.05) is 35.3 Å². The normalized spacial score (nSPS) is 11.8. The molecule has 0 radical (unpaired) electrons. The summed E-state index contributed by atoms with van der Waals surface area (Å²) in [4.78, 5) is 29.2. The van der Waals surface area contributed by atoms with Gasteiger partial charge in [0.05, 0.1) is 21.4 Å². The summed E-state index contributed by atoms with van der Waals surface area (Å²) >= 11 is 12.2. The van der Waals surface area contributed by atoms with Gasteiger partial charge in [0, 0.05) is 5.69 Å². The maximum Gasteiger partial charge on any atom is 0.359 e. The van der Waals surface area contributed by atoms with Crippen LogP contribution in [0.25, 0.3) is 5.82 Å². The van der Waals surface area contributed by atoms with Crippen LogP contribution in [-0.2, 0) is 9.53 Å². The average Bonchev–Trinajstić information content (AvgIpc) is 3.02. The zero-order valence-corrected chi connectivity index (χ0v) is 17.5. The van der Waals surface area contributed by atoms with Gasteiger partial charge in [-0.15, -0.1) is 0 Å². The number of hydrogen-bond acceptors (Lipinski definition) is 5. The number of amides is 1. The van der Waals surface area contributed by atoms with Crippen molar-refractivity contribution in [2.45, 2.75) is 26.9 Å². The Morgan fingerprint density at radius 1 is 1.10 bits per heavy atom. The van der Waals surface area contributed by atoms with E-state index in [9.17, 15) is 9.59 Å². The van der Waals surface area contributed by atoms with Crippen molar-refractivity contribution in [2.75, 3.05) is 5.32 Å². The second-order valence-electron chi connectivity index (χ2n) is 6.36. The quantitative estimate of drug-likeness (QED) is 0.604. The van der Waals surface area contributed by atoms with Gasteiger partial charge in [-0.2, -0.15) is 5.10 Å². The predicted octanol–water partition coefficient (Wildman–Crippen LogP) is 4.37. The summed E-state index contributed by atoms with van der Waals surface area (Å²) in [6.45, 7) is 5.17. The van der Waals surface area contributed by atoms with Crippen LogP contribution in [0, 0.1) is 13.8 Å². The fraction of sp³-hybridized carbons (Fsp3) is 0.200. The van der Waals surface area contributed by atoms with E-state index in [1.165, 1.54) is 13.0 Å². The number of esters is 1. The SMILES string of the molecule is Cc1cc(C)n(-c2ccc(Cl)c(C(=O)OC(C)C(=O)Nc3ccccc3Cl)n2)n1. The van der Waals surface area contributed by atoms with Crippen molar-refractivity contribution in [3.05, 3.63) is 69.6 Å². The number of aromatic nitrogens is 3. The first-order valence-electron chi connectivity index (χ1n) is 8.73. The molecule has 3 aromatic rings. The maximum atomic E-state index is 12.6. The molecule has 0 aliphatic rings. The van der Waals surface area contributed by atoms with Crippen LogP contribution in [0.3, 0.4) is 0 Å². The number of ether oxygens (including phenoxy) is 1. The number of halogens is 2. The summed E-state index contributed by atoms with van der Waals surface area (Å²) in [7, 11) is 0. The maximum absolute atomic E-state index is 12.6. The minimum atomic E-state index is -1.09. The first-order chi connectivity index (χ1) is 13.8. The van der Waals surface area contributed by atoms with Gasteiger partial charge < -0.3 is 10.1 Å². The lowest BCUT2D eigenvalue weighted by atomic mass is 10.3. The number of para-hydroxylation sites is 1. The molecule has 0 spiro atoms. The van der Waals surface area contributed by atoms with E-state index in [1.807, 2.05) is 19.9 Å². The minimum Gasteiger partial charge on any atom is -0.448 e. The first-order valence-corrected chi connectivity index (χ1v) is 9.48. The van der Waals surface area contributed by atoms with Gasteiger partial charge in [-0.3, -0.25) is 4.79 Å². The molecule has 1 amide bonds. The molecule has 0 aliphatic carbocycles. The van der Waals surface area contributed by atoms with Crippen LogP contribution in [-0.4, -0.2) is 32.7 Å². The highest BCUT2D eigenvalue weighted by Crippen LogP contribution is 2.22. The molecular formula is C20H18Cl2N4O3. The zero-order chi connectivity index (χ0) is 21.1. The van der Waals surface area contributed by atoms with Crippen LogP contribution in [0.4, 0.5) is 5.69 Å². The van der Waals surface area contributed by atoms with Crippen LogP contribution in [0.5, 0.6) is 0 Å². The number of nitrogens with one attached hydrogen (secondary N) is 1. The lowest BCUT2D eigenvalue weighted by molar-refractivity contribution is -0.123. The van der Waals surface area contributed by atoms with Crippen molar-refractivity contribution < 1.29 is 14.3 Å². The van der Waals surface area contributed by atoms with Gasteiger partial charge in [0.25, 0.3) is 5.91 Å². The average molecular weight is 433 g/mol. The van der Waals surface area contributed by atoms with E-state index in [-0.39, 0.29) is 10.7 Å². The van der Waals surface area contributed by atoms with Crippen molar-refractivity contribution in [1.29, 1.82) is 0 Å². The molecule has 0 bridgehead atoms. The number of anilines is 1. The lowest BCUT2D eigenvalue weighted by Crippen LogP contribution is -2.30. The number of nitrogens with zero attached hydrogens (tertiary/aromatic N) is 3. The molecule has 3 rings (SSSR count). The van der Waals surface area contributed by atoms with Gasteiger partial charge in [0.1, 0.15) is 0 Å². The number of aryl methyl sites for hydroxylation is 2. The molecule has 0 fully saturated rings. The van der Waals surface area contributed by atoms with Crippen molar-refractivity contribution in [3.63, 3.8) is 0 Å². The van der Waals surface area contributed by atoms with E-state index in [0.29, 0.717) is 16.5 Å². The van der Waals surface area contributed by atoms with E-state index in [1.54, 1.807) is 35.0 Å². The second kappa shape index (κ2) is 8.63. The molecule has 1 unspecified atom stereocenters. The van der Waals surface area contributed by atoms with Crippen molar-refractivity contribution >= 4 is 40.8 Å². The predicted molar refractivity (Wildman–Crippen MR) is 111 cm³/mol. The molecule has 0 aliphatic heterocycles. The molecule has 7 nitrogen and oxygen atoms in total. The highest BCUT2D eigenvalue weighted by molar-refractivity contribution is 6.34. The fourth-order valence-electron chi connectivity index (χ4n) is 2.62. The van der Waals surface area contributed by atoms with E-state index < -0.39 is 18.0 Å². The Hall–Kier alpha value is -2.90. The number of carbonyl (C=O) groups is 2. The molecule has 1 N–H and O–H groups in total. The molecule has 0 saturated heterocycles. The molecule has 29 heavy (non-hydrogen) atoms. The summed E-state index contributed by atoms with van der Waals surface area (Å²) in [6.07, 6.45) is -1.09. The summed E-state index contributed by atoms with van der Waals surface area (Å²) in [5.74, 6) is -0.933. The monoisotopic (exact) mass is 432 g/mol. The molecule has 2 aromatic heterocycles. The second-order valence-corrected chi connectivity index (χ2v) is 7.17. The topological polar surface area (TPSA) is 86.1 Å². The summed E-state index contributed by atoms with van der Waals surface area (Å²) in [6, 6.07) is 11.8. The third-order valence-corrected chi connectivity index (χ3v) is 4.67. The van der Waals surface area contributed by atoms with Crippen LogP contribution in [0.15, 0.2) is 42.5 Å². The number of hydrogen-bond donors (Lipinski definition) is 1. The van der Waals surface area contributed by atoms with Gasteiger partial charge >= 0.3 is 5.97 Å². The van der Waals surface area contributed by atoms with Gasteiger partial charge in [-0.25, -0.2) is 14.5 Å². The molecule has 1 aromatic carbocycles. The largest absolute Gasteiger partial charge is 0.448 e. The highest BCUT2D eigenvalue weighted by atomic mass is 35.5. The Kier molecular flexibility index (Phi) is 6.20. The van der Waals surface area contributed by atoms with Gasteiger partial charge in [-0.05, 0) is 51.1 Å². The Bertz CT molecular complexity index is 1080. The standard InChI is InChI=1S/C20H18Cl2N4O3/c1-11-10-12(2)26(25-11)17-9-8-15(22)18(24-17)20(28)29-13(3)19(27)23-16-7-5-4-6-14(16)21/h4-10,13H,1-3H3,(H,23,27). The Labute approximate surface area is 177 Å². The van der Waals surface area contributed by atoms with Crippen LogP contribution < -0.4 is 5.32 Å². The van der Waals surface area contributed by atoms with Crippen LogP contribution in [0.2, 0.25) is 10.0 Å². The van der Waals surface area contributed by atoms with E-state index in [2.05, 4.69) is 15.4 Å². The molecule has 0 saturated carbocycles. The highest BCUT2D eigenvalue weighted by Gasteiger charge is 2.23. The molecular weight excluding hydrogens is 415 g/mol. The Balaban J connectivity index is 1.76. The summed E-state index contributed by atoms with van der Waals surface area (Å²) in [5, 5.41) is 7.44. The summed E-state index contributed by atoms with van der Waals surface area (Å²) < 4.78 is 6.84.